The number of nitrogens with one attached hydrogen (secondary N) is 2. The van der Waals surface area contributed by atoms with Gasteiger partial charge in [-0.05, 0) is 43.4 Å². The molecule has 2 heterocycles. The number of aromatic amines is 1. The number of rotatable bonds is 3. The van der Waals surface area contributed by atoms with Crippen molar-refractivity contribution in [3.8, 4) is 0 Å². The lowest BCUT2D eigenvalue weighted by Gasteiger charge is -2.24. The van der Waals surface area contributed by atoms with Crippen LogP contribution < -0.4 is 10.9 Å². The molecule has 1 atom stereocenters. The Morgan fingerprint density at radius 3 is 2.74 bits per heavy atom. The average molecular weight is 381 g/mol. The number of aryl methyl sites for hydroxylation is 1. The van der Waals surface area contributed by atoms with Gasteiger partial charge in [-0.2, -0.15) is 13.2 Å². The summed E-state index contributed by atoms with van der Waals surface area (Å²) >= 11 is 0. The van der Waals surface area contributed by atoms with Gasteiger partial charge in [-0.3, -0.25) is 14.4 Å². The first-order chi connectivity index (χ1) is 12.7. The fourth-order valence-electron chi connectivity index (χ4n) is 3.25. The third kappa shape index (κ3) is 3.96. The van der Waals surface area contributed by atoms with Crippen LogP contribution in [0.2, 0.25) is 0 Å². The van der Waals surface area contributed by atoms with Crippen molar-refractivity contribution in [2.75, 3.05) is 6.54 Å². The molecule has 0 aliphatic carbocycles. The zero-order valence-corrected chi connectivity index (χ0v) is 14.5. The molecule has 1 aliphatic rings. The Hall–Kier alpha value is -2.84. The van der Waals surface area contributed by atoms with Crippen LogP contribution in [0.4, 0.5) is 13.2 Å². The van der Waals surface area contributed by atoms with Crippen LogP contribution in [0, 0.1) is 6.92 Å². The van der Waals surface area contributed by atoms with Crippen molar-refractivity contribution < 1.29 is 22.8 Å². The van der Waals surface area contributed by atoms with E-state index in [4.69, 9.17) is 0 Å². The molecule has 0 radical (unpaired) electrons. The molecule has 1 aromatic carbocycles. The van der Waals surface area contributed by atoms with Gasteiger partial charge in [0.25, 0.3) is 5.56 Å². The molecule has 144 valence electrons. The molecule has 1 saturated heterocycles. The summed E-state index contributed by atoms with van der Waals surface area (Å²) in [7, 11) is 0. The molecule has 9 heteroatoms. The summed E-state index contributed by atoms with van der Waals surface area (Å²) in [5.74, 6) is -2.71. The van der Waals surface area contributed by atoms with Crippen LogP contribution in [0.3, 0.4) is 0 Å². The fourth-order valence-corrected chi connectivity index (χ4v) is 3.25. The topological polar surface area (TPSA) is 82.3 Å². The number of aromatic nitrogens is 1. The van der Waals surface area contributed by atoms with Crippen LogP contribution >= 0.6 is 0 Å². The number of carbonyl (C=O) groups is 2. The van der Waals surface area contributed by atoms with Crippen molar-refractivity contribution >= 4 is 22.7 Å². The van der Waals surface area contributed by atoms with Gasteiger partial charge in [-0.15, -0.1) is 0 Å². The summed E-state index contributed by atoms with van der Waals surface area (Å²) < 4.78 is 38.0. The molecule has 2 amide bonds. The van der Waals surface area contributed by atoms with Gasteiger partial charge in [0.15, 0.2) is 0 Å². The molecule has 1 fully saturated rings. The number of alkyl halides is 3. The number of pyridine rings is 1. The van der Waals surface area contributed by atoms with E-state index in [0.29, 0.717) is 16.8 Å². The molecule has 0 saturated carbocycles. The van der Waals surface area contributed by atoms with Crippen molar-refractivity contribution in [1.82, 2.24) is 15.2 Å². The molecule has 2 N–H and O–H groups in total. The number of carbonyl (C=O) groups excluding carboxylic acids is 2. The lowest BCUT2D eigenvalue weighted by molar-refractivity contribution is -0.186. The van der Waals surface area contributed by atoms with Crippen LogP contribution in [0.1, 0.15) is 24.0 Å². The number of hydrogen-bond donors (Lipinski definition) is 2. The number of hydrogen-bond acceptors (Lipinski definition) is 3. The van der Waals surface area contributed by atoms with Gasteiger partial charge >= 0.3 is 12.1 Å². The van der Waals surface area contributed by atoms with Gasteiger partial charge in [-0.25, -0.2) is 0 Å². The highest BCUT2D eigenvalue weighted by atomic mass is 19.4. The molecule has 2 aromatic rings. The highest BCUT2D eigenvalue weighted by molar-refractivity contribution is 5.90. The molecule has 3 rings (SSSR count). The minimum atomic E-state index is -5.02. The van der Waals surface area contributed by atoms with Crippen molar-refractivity contribution in [2.24, 2.45) is 0 Å². The minimum absolute atomic E-state index is 0.119. The minimum Gasteiger partial charge on any atom is -0.350 e. The predicted molar refractivity (Wildman–Crippen MR) is 91.9 cm³/mol. The maximum absolute atomic E-state index is 12.7. The molecule has 27 heavy (non-hydrogen) atoms. The van der Waals surface area contributed by atoms with E-state index in [-0.39, 0.29) is 30.6 Å². The number of fused-ring (bicyclic) bond motifs is 1. The second-order valence-electron chi connectivity index (χ2n) is 6.59. The van der Waals surface area contributed by atoms with E-state index in [9.17, 15) is 27.6 Å². The Labute approximate surface area is 152 Å². The molecule has 1 unspecified atom stereocenters. The highest BCUT2D eigenvalue weighted by Gasteiger charge is 2.47. The van der Waals surface area contributed by atoms with Crippen molar-refractivity contribution in [2.45, 2.75) is 38.5 Å². The second kappa shape index (κ2) is 7.05. The van der Waals surface area contributed by atoms with Crippen molar-refractivity contribution in [1.29, 1.82) is 0 Å². The maximum atomic E-state index is 12.7. The molecule has 0 bridgehead atoms. The van der Waals surface area contributed by atoms with E-state index < -0.39 is 24.0 Å². The Morgan fingerprint density at radius 2 is 2.04 bits per heavy atom. The largest absolute Gasteiger partial charge is 0.471 e. The highest BCUT2D eigenvalue weighted by Crippen LogP contribution is 2.25. The SMILES string of the molecule is Cc1ccc2[nH]c(=O)c(CNC(=O)C3CCCN3C(=O)C(F)(F)F)cc2c1. The summed E-state index contributed by atoms with van der Waals surface area (Å²) in [4.78, 5) is 39.1. The summed E-state index contributed by atoms with van der Waals surface area (Å²) in [6.45, 7) is 1.65. The smallest absolute Gasteiger partial charge is 0.350 e. The molecule has 0 spiro atoms. The second-order valence-corrected chi connectivity index (χ2v) is 6.59. The Morgan fingerprint density at radius 1 is 1.30 bits per heavy atom. The number of amides is 2. The zero-order valence-electron chi connectivity index (χ0n) is 14.5. The van der Waals surface area contributed by atoms with E-state index in [2.05, 4.69) is 10.3 Å². The summed E-state index contributed by atoms with van der Waals surface area (Å²) in [5, 5.41) is 3.26. The zero-order chi connectivity index (χ0) is 19.8. The van der Waals surface area contributed by atoms with Crippen molar-refractivity contribution in [3.05, 3.63) is 45.7 Å². The van der Waals surface area contributed by atoms with E-state index >= 15 is 0 Å². The fraction of sp³-hybridized carbons (Fsp3) is 0.389. The summed E-state index contributed by atoms with van der Waals surface area (Å²) in [6, 6.07) is 5.95. The van der Waals surface area contributed by atoms with Crippen LogP contribution in [-0.2, 0) is 16.1 Å². The average Bonchev–Trinajstić information content (AvgIpc) is 3.08. The molecule has 1 aliphatic heterocycles. The first kappa shape index (κ1) is 18.9. The molecular weight excluding hydrogens is 363 g/mol. The first-order valence-corrected chi connectivity index (χ1v) is 8.45. The van der Waals surface area contributed by atoms with E-state index in [0.717, 1.165) is 10.9 Å². The van der Waals surface area contributed by atoms with E-state index in [1.807, 2.05) is 19.1 Å². The van der Waals surface area contributed by atoms with E-state index in [1.54, 1.807) is 12.1 Å². The van der Waals surface area contributed by atoms with Crippen LogP contribution in [0.25, 0.3) is 10.9 Å². The van der Waals surface area contributed by atoms with Gasteiger partial charge in [0, 0.05) is 24.2 Å². The normalized spacial score (nSPS) is 17.3. The van der Waals surface area contributed by atoms with Gasteiger partial charge in [0.05, 0.1) is 0 Å². The third-order valence-electron chi connectivity index (χ3n) is 4.59. The lowest BCUT2D eigenvalue weighted by Crippen LogP contribution is -2.50. The number of nitrogens with zero attached hydrogens (tertiary/aromatic N) is 1. The molecule has 1 aromatic heterocycles. The van der Waals surface area contributed by atoms with Gasteiger partial charge < -0.3 is 15.2 Å². The Kier molecular flexibility index (Phi) is 4.95. The van der Waals surface area contributed by atoms with Crippen molar-refractivity contribution in [3.63, 3.8) is 0 Å². The monoisotopic (exact) mass is 381 g/mol. The standard InChI is InChI=1S/C18H18F3N3O3/c1-10-4-5-13-11(7-10)8-12(15(25)23-13)9-22-16(26)14-3-2-6-24(14)17(27)18(19,20)21/h4-5,7-8,14H,2-3,6,9H2,1H3,(H,22,26)(H,23,25). The Balaban J connectivity index is 1.73. The van der Waals surface area contributed by atoms with E-state index in [1.165, 1.54) is 0 Å². The quantitative estimate of drug-likeness (QED) is 0.853. The third-order valence-corrected chi connectivity index (χ3v) is 4.59. The number of benzene rings is 1. The maximum Gasteiger partial charge on any atom is 0.471 e. The van der Waals surface area contributed by atoms with Crippen LogP contribution in [0.15, 0.2) is 29.1 Å². The van der Waals surface area contributed by atoms with Gasteiger partial charge in [-0.1, -0.05) is 11.6 Å². The predicted octanol–water partition coefficient (Wildman–Crippen LogP) is 2.01. The Bertz CT molecular complexity index is 952. The van der Waals surface area contributed by atoms with Crippen LogP contribution in [-0.4, -0.2) is 40.5 Å². The van der Waals surface area contributed by atoms with Crippen LogP contribution in [0.5, 0.6) is 0 Å². The molecule has 6 nitrogen and oxygen atoms in total. The lowest BCUT2D eigenvalue weighted by atomic mass is 10.1. The van der Waals surface area contributed by atoms with Gasteiger partial charge in [0.2, 0.25) is 5.91 Å². The first-order valence-electron chi connectivity index (χ1n) is 8.45. The summed E-state index contributed by atoms with van der Waals surface area (Å²) in [5.41, 5.74) is 1.55. The van der Waals surface area contributed by atoms with Gasteiger partial charge in [0.1, 0.15) is 6.04 Å². The number of H-pyrrole nitrogens is 1. The number of likely N-dealkylation sites (tertiary alicyclic amines) is 1. The number of halogens is 3. The summed E-state index contributed by atoms with van der Waals surface area (Å²) in [6.07, 6.45) is -4.55. The molecular formula is C18H18F3N3O3.